The highest BCUT2D eigenvalue weighted by atomic mass is 35.5. The van der Waals surface area contributed by atoms with Crippen molar-refractivity contribution in [2.24, 2.45) is 5.73 Å². The maximum atomic E-state index is 6.13. The van der Waals surface area contributed by atoms with Crippen molar-refractivity contribution in [3.05, 3.63) is 70.7 Å². The number of benzene rings is 2. The van der Waals surface area contributed by atoms with E-state index in [-0.39, 0.29) is 6.04 Å². The molecule has 0 aromatic heterocycles. The van der Waals surface area contributed by atoms with Crippen molar-refractivity contribution in [1.29, 1.82) is 0 Å². The fourth-order valence-corrected chi connectivity index (χ4v) is 1.82. The summed E-state index contributed by atoms with van der Waals surface area (Å²) in [4.78, 5) is 0. The second kappa shape index (κ2) is 4.47. The van der Waals surface area contributed by atoms with Crippen molar-refractivity contribution >= 4 is 11.6 Å². The molecule has 0 unspecified atom stereocenters. The van der Waals surface area contributed by atoms with Crippen LogP contribution in [-0.2, 0) is 0 Å². The second-order valence-corrected chi connectivity index (χ2v) is 3.82. The highest BCUT2D eigenvalue weighted by molar-refractivity contribution is 6.31. The Balaban J connectivity index is 2.37. The topological polar surface area (TPSA) is 26.0 Å². The Morgan fingerprint density at radius 2 is 1.47 bits per heavy atom. The van der Waals surface area contributed by atoms with Crippen molar-refractivity contribution in [2.75, 3.05) is 0 Å². The Morgan fingerprint density at radius 3 is 2.13 bits per heavy atom. The van der Waals surface area contributed by atoms with E-state index in [1.165, 1.54) is 0 Å². The number of hydrogen-bond acceptors (Lipinski definition) is 1. The first-order valence-corrected chi connectivity index (χ1v) is 5.22. The van der Waals surface area contributed by atoms with Gasteiger partial charge in [-0.15, -0.1) is 0 Å². The fraction of sp³-hybridized carbons (Fsp3) is 0.0769. The molecule has 0 bridgehead atoms. The summed E-state index contributed by atoms with van der Waals surface area (Å²) < 4.78 is 0. The van der Waals surface area contributed by atoms with Gasteiger partial charge >= 0.3 is 0 Å². The number of rotatable bonds is 2. The smallest absolute Gasteiger partial charge is 0.0566 e. The maximum absolute atomic E-state index is 6.13. The standard InChI is InChI=1S/C13H12ClN/c14-12-9-5-4-8-11(12)13(15)10-6-2-1-3-7-10/h1-9,13H,15H2/t13-/m0/s1. The average molecular weight is 218 g/mol. The van der Waals surface area contributed by atoms with Gasteiger partial charge in [-0.2, -0.15) is 0 Å². The van der Waals surface area contributed by atoms with Gasteiger partial charge in [0.1, 0.15) is 0 Å². The highest BCUT2D eigenvalue weighted by Crippen LogP contribution is 2.25. The van der Waals surface area contributed by atoms with E-state index < -0.39 is 0 Å². The van der Waals surface area contributed by atoms with E-state index in [9.17, 15) is 0 Å². The molecule has 15 heavy (non-hydrogen) atoms. The largest absolute Gasteiger partial charge is 0.320 e. The third-order valence-electron chi connectivity index (χ3n) is 2.40. The van der Waals surface area contributed by atoms with Crippen LogP contribution in [0.25, 0.3) is 0 Å². The molecule has 2 aromatic carbocycles. The molecule has 0 heterocycles. The molecule has 0 aliphatic heterocycles. The van der Waals surface area contributed by atoms with Gasteiger partial charge in [0, 0.05) is 5.02 Å². The van der Waals surface area contributed by atoms with Crippen LogP contribution in [0.5, 0.6) is 0 Å². The van der Waals surface area contributed by atoms with Crippen LogP contribution < -0.4 is 5.73 Å². The summed E-state index contributed by atoms with van der Waals surface area (Å²) in [5.74, 6) is 0. The second-order valence-electron chi connectivity index (χ2n) is 3.41. The van der Waals surface area contributed by atoms with Gasteiger partial charge in [0.05, 0.1) is 6.04 Å². The lowest BCUT2D eigenvalue weighted by atomic mass is 10.00. The Morgan fingerprint density at radius 1 is 0.867 bits per heavy atom. The van der Waals surface area contributed by atoms with E-state index in [1.807, 2.05) is 54.6 Å². The molecule has 2 heteroatoms. The molecule has 1 nitrogen and oxygen atoms in total. The molecule has 0 aliphatic rings. The molecule has 2 aromatic rings. The zero-order valence-electron chi connectivity index (χ0n) is 8.23. The molecule has 0 fully saturated rings. The molecule has 0 radical (unpaired) electrons. The van der Waals surface area contributed by atoms with Gasteiger partial charge in [0.25, 0.3) is 0 Å². The van der Waals surface area contributed by atoms with Crippen LogP contribution in [-0.4, -0.2) is 0 Å². The summed E-state index contributed by atoms with van der Waals surface area (Å²) in [6, 6.07) is 17.5. The lowest BCUT2D eigenvalue weighted by molar-refractivity contribution is 0.872. The van der Waals surface area contributed by atoms with Crippen LogP contribution in [0, 0.1) is 0 Å². The zero-order chi connectivity index (χ0) is 10.7. The fourth-order valence-electron chi connectivity index (χ4n) is 1.57. The molecule has 0 saturated carbocycles. The molecular weight excluding hydrogens is 206 g/mol. The monoisotopic (exact) mass is 217 g/mol. The van der Waals surface area contributed by atoms with E-state index in [0.29, 0.717) is 5.02 Å². The van der Waals surface area contributed by atoms with Gasteiger partial charge in [0.15, 0.2) is 0 Å². The van der Waals surface area contributed by atoms with Gasteiger partial charge in [-0.3, -0.25) is 0 Å². The Labute approximate surface area is 94.5 Å². The normalized spacial score (nSPS) is 12.4. The third-order valence-corrected chi connectivity index (χ3v) is 2.74. The van der Waals surface area contributed by atoms with Gasteiger partial charge < -0.3 is 5.73 Å². The minimum atomic E-state index is -0.153. The third kappa shape index (κ3) is 2.20. The summed E-state index contributed by atoms with van der Waals surface area (Å²) in [7, 11) is 0. The zero-order valence-corrected chi connectivity index (χ0v) is 8.98. The first-order valence-electron chi connectivity index (χ1n) is 4.84. The summed E-state index contributed by atoms with van der Waals surface area (Å²) in [6.07, 6.45) is 0. The Kier molecular flexibility index (Phi) is 3.05. The summed E-state index contributed by atoms with van der Waals surface area (Å²) in [6.45, 7) is 0. The van der Waals surface area contributed by atoms with E-state index >= 15 is 0 Å². The Hall–Kier alpha value is -1.31. The first-order chi connectivity index (χ1) is 7.29. The van der Waals surface area contributed by atoms with Crippen LogP contribution in [0.2, 0.25) is 5.02 Å². The van der Waals surface area contributed by atoms with Gasteiger partial charge in [-0.05, 0) is 17.2 Å². The lowest BCUT2D eigenvalue weighted by Gasteiger charge is -2.13. The van der Waals surface area contributed by atoms with E-state index in [0.717, 1.165) is 11.1 Å². The van der Waals surface area contributed by atoms with Crippen molar-refractivity contribution in [1.82, 2.24) is 0 Å². The van der Waals surface area contributed by atoms with E-state index in [1.54, 1.807) is 0 Å². The number of hydrogen-bond donors (Lipinski definition) is 1. The summed E-state index contributed by atoms with van der Waals surface area (Å²) >= 11 is 6.09. The average Bonchev–Trinajstić information content (AvgIpc) is 2.30. The van der Waals surface area contributed by atoms with Gasteiger partial charge in [0.2, 0.25) is 0 Å². The van der Waals surface area contributed by atoms with Crippen LogP contribution >= 0.6 is 11.6 Å². The number of halogens is 1. The lowest BCUT2D eigenvalue weighted by Crippen LogP contribution is -2.11. The molecule has 1 atom stereocenters. The molecule has 2 N–H and O–H groups in total. The van der Waals surface area contributed by atoms with Crippen molar-refractivity contribution in [3.8, 4) is 0 Å². The van der Waals surface area contributed by atoms with Crippen molar-refractivity contribution < 1.29 is 0 Å². The van der Waals surface area contributed by atoms with Crippen LogP contribution in [0.15, 0.2) is 54.6 Å². The highest BCUT2D eigenvalue weighted by Gasteiger charge is 2.10. The maximum Gasteiger partial charge on any atom is 0.0566 e. The van der Waals surface area contributed by atoms with Crippen molar-refractivity contribution in [3.63, 3.8) is 0 Å². The van der Waals surface area contributed by atoms with E-state index in [2.05, 4.69) is 0 Å². The molecular formula is C13H12ClN. The van der Waals surface area contributed by atoms with Gasteiger partial charge in [-0.25, -0.2) is 0 Å². The molecule has 2 rings (SSSR count). The SMILES string of the molecule is N[C@@H](c1ccccc1)c1ccccc1Cl. The molecule has 0 saturated heterocycles. The van der Waals surface area contributed by atoms with Crippen LogP contribution in [0.1, 0.15) is 17.2 Å². The predicted molar refractivity (Wildman–Crippen MR) is 63.9 cm³/mol. The molecule has 76 valence electrons. The van der Waals surface area contributed by atoms with Crippen LogP contribution in [0.4, 0.5) is 0 Å². The molecule has 0 spiro atoms. The minimum absolute atomic E-state index is 0.153. The number of nitrogens with two attached hydrogens (primary N) is 1. The predicted octanol–water partition coefficient (Wildman–Crippen LogP) is 3.39. The Bertz CT molecular complexity index is 439. The summed E-state index contributed by atoms with van der Waals surface area (Å²) in [5, 5.41) is 0.717. The molecule has 0 aliphatic carbocycles. The van der Waals surface area contributed by atoms with E-state index in [4.69, 9.17) is 17.3 Å². The first kappa shape index (κ1) is 10.2. The molecule has 0 amide bonds. The quantitative estimate of drug-likeness (QED) is 0.820. The minimum Gasteiger partial charge on any atom is -0.320 e. The van der Waals surface area contributed by atoms with Crippen molar-refractivity contribution in [2.45, 2.75) is 6.04 Å². The van der Waals surface area contributed by atoms with Gasteiger partial charge in [-0.1, -0.05) is 60.1 Å². The van der Waals surface area contributed by atoms with Crippen LogP contribution in [0.3, 0.4) is 0 Å². The summed E-state index contributed by atoms with van der Waals surface area (Å²) in [5.41, 5.74) is 8.17.